The number of aryl methyl sites for hydroxylation is 1. The van der Waals surface area contributed by atoms with Crippen LogP contribution in [0.25, 0.3) is 5.57 Å². The molecule has 2 aliphatic rings. The van der Waals surface area contributed by atoms with E-state index in [2.05, 4.69) is 43.1 Å². The van der Waals surface area contributed by atoms with Gasteiger partial charge in [0, 0.05) is 12.4 Å². The van der Waals surface area contributed by atoms with Crippen LogP contribution < -0.4 is 4.74 Å². The van der Waals surface area contributed by atoms with E-state index in [1.165, 1.54) is 34.0 Å². The van der Waals surface area contributed by atoms with Gasteiger partial charge in [-0.15, -0.1) is 0 Å². The van der Waals surface area contributed by atoms with Crippen molar-refractivity contribution in [2.24, 2.45) is 0 Å². The molecule has 0 bridgehead atoms. The Morgan fingerprint density at radius 3 is 2.89 bits per heavy atom. The number of ether oxygens (including phenoxy) is 1. The van der Waals surface area contributed by atoms with Crippen molar-refractivity contribution in [3.8, 4) is 5.75 Å². The van der Waals surface area contributed by atoms with E-state index in [-0.39, 0.29) is 0 Å². The molecule has 4 heteroatoms. The number of allylic oxidation sites excluding steroid dienone is 4. The standard InChI is InChI=1S/C24H25NO3/c1-15-11-16(2)22(12-15)18-5-6-20-17(8-10-28-23(20)13-18)3-4-19-14-25-9-7-21(19)24(26)27/h5-7,9,12-14,17H,3-4,8,10-11H2,1-2H3,(H,26,27). The van der Waals surface area contributed by atoms with Gasteiger partial charge in [-0.3, -0.25) is 4.98 Å². The Hall–Kier alpha value is -2.88. The van der Waals surface area contributed by atoms with Crippen LogP contribution in [0, 0.1) is 0 Å². The van der Waals surface area contributed by atoms with Crippen molar-refractivity contribution in [1.82, 2.24) is 4.98 Å². The van der Waals surface area contributed by atoms with Crippen LogP contribution in [0.3, 0.4) is 0 Å². The van der Waals surface area contributed by atoms with E-state index in [9.17, 15) is 9.90 Å². The van der Waals surface area contributed by atoms with E-state index in [1.807, 2.05) is 0 Å². The maximum absolute atomic E-state index is 11.4. The predicted octanol–water partition coefficient (Wildman–Crippen LogP) is 5.40. The summed E-state index contributed by atoms with van der Waals surface area (Å²) in [6.07, 6.45) is 9.08. The van der Waals surface area contributed by atoms with Crippen molar-refractivity contribution >= 4 is 11.5 Å². The molecule has 0 spiro atoms. The second-order valence-electron chi connectivity index (χ2n) is 7.82. The fraction of sp³-hybridized carbons (Fsp3) is 0.333. The number of carbonyl (C=O) groups is 1. The number of rotatable bonds is 5. The fourth-order valence-electron chi connectivity index (χ4n) is 4.36. The van der Waals surface area contributed by atoms with Crippen LogP contribution in [0.4, 0.5) is 0 Å². The highest BCUT2D eigenvalue weighted by molar-refractivity contribution is 5.89. The molecular weight excluding hydrogens is 350 g/mol. The molecule has 1 aliphatic heterocycles. The van der Waals surface area contributed by atoms with Crippen molar-refractivity contribution in [3.63, 3.8) is 0 Å². The van der Waals surface area contributed by atoms with E-state index < -0.39 is 5.97 Å². The summed E-state index contributed by atoms with van der Waals surface area (Å²) in [6.45, 7) is 5.07. The SMILES string of the molecule is CC1=CC(c2ccc3c(c2)OCCC3CCc2cnccc2C(=O)O)=C(C)C1. The van der Waals surface area contributed by atoms with Crippen molar-refractivity contribution in [2.45, 2.75) is 45.4 Å². The normalized spacial score (nSPS) is 18.5. The van der Waals surface area contributed by atoms with E-state index >= 15 is 0 Å². The molecule has 1 unspecified atom stereocenters. The maximum Gasteiger partial charge on any atom is 0.336 e. The van der Waals surface area contributed by atoms with Gasteiger partial charge in [0.2, 0.25) is 0 Å². The third kappa shape index (κ3) is 3.59. The Balaban J connectivity index is 1.55. The smallest absolute Gasteiger partial charge is 0.336 e. The van der Waals surface area contributed by atoms with Crippen molar-refractivity contribution < 1.29 is 14.6 Å². The summed E-state index contributed by atoms with van der Waals surface area (Å²) in [4.78, 5) is 15.5. The first-order valence-electron chi connectivity index (χ1n) is 9.83. The minimum absolute atomic E-state index is 0.350. The maximum atomic E-state index is 11.4. The summed E-state index contributed by atoms with van der Waals surface area (Å²) in [5, 5.41) is 9.38. The topological polar surface area (TPSA) is 59.4 Å². The molecule has 1 aliphatic carbocycles. The van der Waals surface area contributed by atoms with Gasteiger partial charge in [-0.25, -0.2) is 4.79 Å². The van der Waals surface area contributed by atoms with Crippen LogP contribution in [-0.2, 0) is 6.42 Å². The summed E-state index contributed by atoms with van der Waals surface area (Å²) >= 11 is 0. The largest absolute Gasteiger partial charge is 0.493 e. The zero-order valence-electron chi connectivity index (χ0n) is 16.4. The number of hydrogen-bond acceptors (Lipinski definition) is 3. The number of fused-ring (bicyclic) bond motifs is 1. The van der Waals surface area contributed by atoms with Crippen LogP contribution in [0.2, 0.25) is 0 Å². The highest BCUT2D eigenvalue weighted by Crippen LogP contribution is 2.40. The molecule has 0 radical (unpaired) electrons. The third-order valence-corrected chi connectivity index (χ3v) is 5.78. The van der Waals surface area contributed by atoms with Gasteiger partial charge in [0.25, 0.3) is 0 Å². The summed E-state index contributed by atoms with van der Waals surface area (Å²) in [6, 6.07) is 8.13. The lowest BCUT2D eigenvalue weighted by molar-refractivity contribution is 0.0695. The van der Waals surface area contributed by atoms with E-state index in [0.29, 0.717) is 24.5 Å². The number of carboxylic acid groups (broad SMARTS) is 1. The molecule has 2 heterocycles. The van der Waals surface area contributed by atoms with E-state index in [0.717, 1.165) is 30.6 Å². The highest BCUT2D eigenvalue weighted by atomic mass is 16.5. The second kappa shape index (κ2) is 7.63. The average Bonchev–Trinajstić information content (AvgIpc) is 3.04. The monoisotopic (exact) mass is 375 g/mol. The molecule has 1 aromatic carbocycles. The lowest BCUT2D eigenvalue weighted by Crippen LogP contribution is -2.15. The first-order valence-corrected chi connectivity index (χ1v) is 9.83. The lowest BCUT2D eigenvalue weighted by atomic mass is 9.86. The van der Waals surface area contributed by atoms with Gasteiger partial charge < -0.3 is 9.84 Å². The third-order valence-electron chi connectivity index (χ3n) is 5.78. The summed E-state index contributed by atoms with van der Waals surface area (Å²) in [5.74, 6) is 0.449. The lowest BCUT2D eigenvalue weighted by Gasteiger charge is -2.27. The number of carboxylic acids is 1. The van der Waals surface area contributed by atoms with Crippen LogP contribution in [0.5, 0.6) is 5.75 Å². The second-order valence-corrected chi connectivity index (χ2v) is 7.82. The van der Waals surface area contributed by atoms with E-state index in [4.69, 9.17) is 4.74 Å². The summed E-state index contributed by atoms with van der Waals surface area (Å²) in [5.41, 5.74) is 7.71. The van der Waals surface area contributed by atoms with Crippen molar-refractivity contribution in [3.05, 3.63) is 76.1 Å². The molecule has 0 saturated carbocycles. The Kier molecular flexibility index (Phi) is 5.03. The van der Waals surface area contributed by atoms with Gasteiger partial charge in [-0.2, -0.15) is 0 Å². The molecule has 4 rings (SSSR count). The summed E-state index contributed by atoms with van der Waals surface area (Å²) in [7, 11) is 0. The molecule has 0 saturated heterocycles. The number of nitrogens with zero attached hydrogens (tertiary/aromatic N) is 1. The van der Waals surface area contributed by atoms with Crippen LogP contribution >= 0.6 is 0 Å². The first kappa shape index (κ1) is 18.5. The minimum Gasteiger partial charge on any atom is -0.493 e. The first-order chi connectivity index (χ1) is 13.5. The average molecular weight is 375 g/mol. The fourth-order valence-corrected chi connectivity index (χ4v) is 4.36. The molecule has 1 N–H and O–H groups in total. The molecule has 0 amide bonds. The van der Waals surface area contributed by atoms with Gasteiger partial charge in [0.15, 0.2) is 0 Å². The van der Waals surface area contributed by atoms with E-state index in [1.54, 1.807) is 12.3 Å². The number of aromatic carboxylic acids is 1. The number of hydrogen-bond donors (Lipinski definition) is 1. The van der Waals surface area contributed by atoms with Gasteiger partial charge in [0.1, 0.15) is 5.75 Å². The molecule has 1 atom stereocenters. The Morgan fingerprint density at radius 1 is 1.29 bits per heavy atom. The van der Waals surface area contributed by atoms with Crippen LogP contribution in [0.1, 0.15) is 66.1 Å². The van der Waals surface area contributed by atoms with Crippen molar-refractivity contribution in [2.75, 3.05) is 6.61 Å². The number of benzene rings is 1. The number of aromatic nitrogens is 1. The van der Waals surface area contributed by atoms with Gasteiger partial charge >= 0.3 is 5.97 Å². The Bertz CT molecular complexity index is 987. The van der Waals surface area contributed by atoms with Crippen LogP contribution in [-0.4, -0.2) is 22.7 Å². The predicted molar refractivity (Wildman–Crippen MR) is 110 cm³/mol. The Morgan fingerprint density at radius 2 is 2.14 bits per heavy atom. The molecule has 4 nitrogen and oxygen atoms in total. The zero-order valence-corrected chi connectivity index (χ0v) is 16.4. The van der Waals surface area contributed by atoms with Gasteiger partial charge in [0.05, 0.1) is 12.2 Å². The van der Waals surface area contributed by atoms with Gasteiger partial charge in [-0.1, -0.05) is 29.4 Å². The molecular formula is C24H25NO3. The molecule has 2 aromatic rings. The molecule has 1 aromatic heterocycles. The van der Waals surface area contributed by atoms with Crippen LogP contribution in [0.15, 0.2) is 53.9 Å². The quantitative estimate of drug-likeness (QED) is 0.760. The molecule has 0 fully saturated rings. The Labute approximate surface area is 165 Å². The minimum atomic E-state index is -0.891. The highest BCUT2D eigenvalue weighted by Gasteiger charge is 2.23. The number of pyridine rings is 1. The van der Waals surface area contributed by atoms with Crippen molar-refractivity contribution in [1.29, 1.82) is 0 Å². The van der Waals surface area contributed by atoms with Gasteiger partial charge in [-0.05, 0) is 79.8 Å². The zero-order chi connectivity index (χ0) is 19.7. The molecule has 28 heavy (non-hydrogen) atoms. The molecule has 144 valence electrons. The summed E-state index contributed by atoms with van der Waals surface area (Å²) < 4.78 is 5.98.